The Bertz CT molecular complexity index is 600. The minimum absolute atomic E-state index is 0.757. The molecule has 2 heterocycles. The molecule has 0 bridgehead atoms. The fraction of sp³-hybridized carbons (Fsp3) is 0.400. The molecule has 0 saturated carbocycles. The van der Waals surface area contributed by atoms with E-state index >= 15 is 0 Å². The van der Waals surface area contributed by atoms with Crippen molar-refractivity contribution in [1.29, 1.82) is 0 Å². The molecule has 0 atom stereocenters. The van der Waals surface area contributed by atoms with Crippen molar-refractivity contribution in [2.45, 2.75) is 25.7 Å². The summed E-state index contributed by atoms with van der Waals surface area (Å²) in [4.78, 5) is 4.93. The third-order valence-corrected chi connectivity index (χ3v) is 6.91. The van der Waals surface area contributed by atoms with Crippen molar-refractivity contribution in [2.24, 2.45) is 0 Å². The van der Waals surface area contributed by atoms with E-state index in [1.54, 1.807) is 0 Å². The van der Waals surface area contributed by atoms with Gasteiger partial charge in [-0.05, 0) is 60.6 Å². The monoisotopic (exact) mass is 334 g/mol. The van der Waals surface area contributed by atoms with Gasteiger partial charge in [0.2, 0.25) is 0 Å². The van der Waals surface area contributed by atoms with Gasteiger partial charge in [-0.1, -0.05) is 32.1 Å². The molecule has 0 aromatic heterocycles. The average molecular weight is 334 g/mol. The molecule has 0 aliphatic carbocycles. The van der Waals surface area contributed by atoms with E-state index in [2.05, 4.69) is 58.3 Å². The van der Waals surface area contributed by atoms with Gasteiger partial charge >= 0.3 is 0 Å². The molecule has 2 radical (unpaired) electrons. The molecular formula is C20H24BN2P. The van der Waals surface area contributed by atoms with Gasteiger partial charge in [-0.25, -0.2) is 0 Å². The fourth-order valence-corrected chi connectivity index (χ4v) is 4.99. The Morgan fingerprint density at radius 1 is 0.583 bits per heavy atom. The van der Waals surface area contributed by atoms with Crippen molar-refractivity contribution in [1.82, 2.24) is 0 Å². The fourth-order valence-electron chi connectivity index (χ4n) is 3.75. The Balaban J connectivity index is 1.47. The molecule has 2 aromatic carbocycles. The third kappa shape index (κ3) is 3.33. The van der Waals surface area contributed by atoms with Gasteiger partial charge in [-0.2, -0.15) is 0 Å². The summed E-state index contributed by atoms with van der Waals surface area (Å²) in [6.45, 7) is 4.76. The van der Waals surface area contributed by atoms with Crippen molar-refractivity contribution in [2.75, 3.05) is 36.0 Å². The summed E-state index contributed by atoms with van der Waals surface area (Å²) in [6.07, 6.45) is 5.26. The van der Waals surface area contributed by atoms with Crippen LogP contribution >= 0.6 is 7.80 Å². The van der Waals surface area contributed by atoms with Crippen molar-refractivity contribution < 1.29 is 0 Å². The van der Waals surface area contributed by atoms with Crippen LogP contribution in [0.4, 0.5) is 11.4 Å². The van der Waals surface area contributed by atoms with Crippen molar-refractivity contribution in [3.63, 3.8) is 0 Å². The molecule has 2 aliphatic heterocycles. The van der Waals surface area contributed by atoms with Gasteiger partial charge in [-0.3, -0.25) is 0 Å². The third-order valence-electron chi connectivity index (χ3n) is 5.20. The van der Waals surface area contributed by atoms with E-state index in [4.69, 9.17) is 7.57 Å². The first-order valence-corrected chi connectivity index (χ1v) is 10.5. The van der Waals surface area contributed by atoms with Gasteiger partial charge in [0.05, 0.1) is 0 Å². The maximum atomic E-state index is 6.56. The van der Waals surface area contributed by atoms with Crippen LogP contribution in [0.1, 0.15) is 25.7 Å². The number of rotatable bonds is 4. The van der Waals surface area contributed by atoms with Crippen LogP contribution in [0, 0.1) is 0 Å². The second kappa shape index (κ2) is 7.19. The quantitative estimate of drug-likeness (QED) is 0.625. The first-order chi connectivity index (χ1) is 11.8. The van der Waals surface area contributed by atoms with E-state index in [-0.39, 0.29) is 0 Å². The first kappa shape index (κ1) is 16.0. The Kier molecular flexibility index (Phi) is 4.80. The van der Waals surface area contributed by atoms with Crippen molar-refractivity contribution >= 4 is 37.3 Å². The molecule has 2 nitrogen and oxygen atoms in total. The van der Waals surface area contributed by atoms with Crippen LogP contribution in [0.5, 0.6) is 0 Å². The molecule has 122 valence electrons. The van der Waals surface area contributed by atoms with E-state index in [1.807, 2.05) is 0 Å². The smallest absolute Gasteiger partial charge is 0.121 e. The molecule has 2 fully saturated rings. The standard InChI is InChI=1S/C20H24BN2P/c21-24(19-9-5-17(6-10-19)22-13-1-2-14-22)20-11-7-18(8-12-20)23-15-3-4-16-23/h5-12H,1-4,13-16H2. The highest BCUT2D eigenvalue weighted by molar-refractivity contribution is 7.94. The number of anilines is 2. The van der Waals surface area contributed by atoms with Gasteiger partial charge in [-0.15, -0.1) is 0 Å². The van der Waals surface area contributed by atoms with Gasteiger partial charge in [0, 0.05) is 37.6 Å². The predicted octanol–water partition coefficient (Wildman–Crippen LogP) is 3.40. The zero-order valence-corrected chi connectivity index (χ0v) is 15.1. The summed E-state index contributed by atoms with van der Waals surface area (Å²) in [5, 5.41) is 2.50. The number of hydrogen-bond donors (Lipinski definition) is 0. The SMILES string of the molecule is [B]P(c1ccc(N2CCCC2)cc1)c1ccc(N2CCCC2)cc1. The number of benzene rings is 2. The lowest BCUT2D eigenvalue weighted by atomic mass is 10.3. The maximum absolute atomic E-state index is 6.56. The summed E-state index contributed by atoms with van der Waals surface area (Å²) in [6, 6.07) is 17.8. The van der Waals surface area contributed by atoms with E-state index in [0.717, 1.165) is 0 Å². The second-order valence-corrected chi connectivity index (χ2v) is 8.56. The predicted molar refractivity (Wildman–Crippen MR) is 108 cm³/mol. The highest BCUT2D eigenvalue weighted by Crippen LogP contribution is 2.30. The molecule has 0 spiro atoms. The summed E-state index contributed by atoms with van der Waals surface area (Å²) in [5.74, 6) is 0. The average Bonchev–Trinajstić information content (AvgIpc) is 3.35. The second-order valence-electron chi connectivity index (χ2n) is 6.79. The minimum Gasteiger partial charge on any atom is -0.372 e. The minimum atomic E-state index is -0.757. The molecule has 0 amide bonds. The Hall–Kier alpha value is -1.47. The van der Waals surface area contributed by atoms with Crippen LogP contribution in [0.25, 0.3) is 0 Å². The zero-order valence-electron chi connectivity index (χ0n) is 14.2. The van der Waals surface area contributed by atoms with Crippen LogP contribution in [-0.4, -0.2) is 33.7 Å². The highest BCUT2D eigenvalue weighted by atomic mass is 31.1. The van der Waals surface area contributed by atoms with E-state index in [9.17, 15) is 0 Å². The van der Waals surface area contributed by atoms with Gasteiger partial charge < -0.3 is 9.80 Å². The van der Waals surface area contributed by atoms with Gasteiger partial charge in [0.1, 0.15) is 7.57 Å². The molecule has 4 heteroatoms. The summed E-state index contributed by atoms with van der Waals surface area (Å²) < 4.78 is 0. The normalized spacial score (nSPS) is 17.9. The molecule has 2 aromatic rings. The number of hydrogen-bond acceptors (Lipinski definition) is 2. The number of nitrogens with zero attached hydrogens (tertiary/aromatic N) is 2. The molecule has 2 aliphatic rings. The maximum Gasteiger partial charge on any atom is 0.121 e. The summed E-state index contributed by atoms with van der Waals surface area (Å²) >= 11 is 0. The van der Waals surface area contributed by atoms with E-state index < -0.39 is 7.80 Å². The summed E-state index contributed by atoms with van der Waals surface area (Å²) in [7, 11) is 5.80. The van der Waals surface area contributed by atoms with Gasteiger partial charge in [0.15, 0.2) is 0 Å². The van der Waals surface area contributed by atoms with Crippen LogP contribution < -0.4 is 20.4 Å². The lowest BCUT2D eigenvalue weighted by Crippen LogP contribution is -2.19. The largest absolute Gasteiger partial charge is 0.372 e. The molecule has 0 N–H and O–H groups in total. The molecule has 2 saturated heterocycles. The van der Waals surface area contributed by atoms with E-state index in [1.165, 1.54) is 73.8 Å². The van der Waals surface area contributed by atoms with Crippen molar-refractivity contribution in [3.8, 4) is 0 Å². The van der Waals surface area contributed by atoms with Crippen LogP contribution in [-0.2, 0) is 0 Å². The lowest BCUT2D eigenvalue weighted by Gasteiger charge is -2.21. The Morgan fingerprint density at radius 2 is 0.917 bits per heavy atom. The molecular weight excluding hydrogens is 310 g/mol. The zero-order chi connectivity index (χ0) is 16.4. The molecule has 0 unspecified atom stereocenters. The molecule has 4 rings (SSSR count). The molecule has 24 heavy (non-hydrogen) atoms. The summed E-state index contributed by atoms with van der Waals surface area (Å²) in [5.41, 5.74) is 2.67. The highest BCUT2D eigenvalue weighted by Gasteiger charge is 2.15. The van der Waals surface area contributed by atoms with Crippen LogP contribution in [0.15, 0.2) is 48.5 Å². The van der Waals surface area contributed by atoms with Gasteiger partial charge in [0.25, 0.3) is 0 Å². The Morgan fingerprint density at radius 3 is 1.25 bits per heavy atom. The van der Waals surface area contributed by atoms with Crippen LogP contribution in [0.3, 0.4) is 0 Å². The van der Waals surface area contributed by atoms with Crippen molar-refractivity contribution in [3.05, 3.63) is 48.5 Å². The van der Waals surface area contributed by atoms with Crippen LogP contribution in [0.2, 0.25) is 0 Å². The first-order valence-electron chi connectivity index (χ1n) is 9.06. The Labute approximate surface area is 148 Å². The van der Waals surface area contributed by atoms with E-state index in [0.29, 0.717) is 0 Å². The lowest BCUT2D eigenvalue weighted by molar-refractivity contribution is 0.949. The topological polar surface area (TPSA) is 6.48 Å².